The third kappa shape index (κ3) is 3.40. The van der Waals surface area contributed by atoms with Gasteiger partial charge in [-0.1, -0.05) is 19.1 Å². The summed E-state index contributed by atoms with van der Waals surface area (Å²) in [7, 11) is 0. The van der Waals surface area contributed by atoms with Gasteiger partial charge in [-0.25, -0.2) is 0 Å². The highest BCUT2D eigenvalue weighted by atomic mass is 19.3. The summed E-state index contributed by atoms with van der Waals surface area (Å²) in [6, 6.07) is 7.26. The quantitative estimate of drug-likeness (QED) is 0.824. The SMILES string of the molecule is CCNC(c1cccc(OC(F)F)c1)C1CC1. The van der Waals surface area contributed by atoms with Crippen LogP contribution in [0.5, 0.6) is 5.75 Å². The zero-order valence-electron chi connectivity index (χ0n) is 9.83. The molecule has 0 heterocycles. The Balaban J connectivity index is 2.12. The molecule has 1 atom stereocenters. The first-order chi connectivity index (χ1) is 8.20. The van der Waals surface area contributed by atoms with Crippen molar-refractivity contribution in [3.8, 4) is 5.75 Å². The number of ether oxygens (including phenoxy) is 1. The van der Waals surface area contributed by atoms with Crippen LogP contribution in [0.3, 0.4) is 0 Å². The van der Waals surface area contributed by atoms with Crippen molar-refractivity contribution in [1.82, 2.24) is 5.32 Å². The van der Waals surface area contributed by atoms with E-state index in [0.717, 1.165) is 12.1 Å². The van der Waals surface area contributed by atoms with Crippen molar-refractivity contribution in [2.24, 2.45) is 5.92 Å². The van der Waals surface area contributed by atoms with Crippen LogP contribution in [0.1, 0.15) is 31.4 Å². The molecule has 0 saturated heterocycles. The Hall–Kier alpha value is -1.16. The highest BCUT2D eigenvalue weighted by Crippen LogP contribution is 2.41. The molecule has 0 spiro atoms. The topological polar surface area (TPSA) is 21.3 Å². The van der Waals surface area contributed by atoms with Crippen LogP contribution in [0, 0.1) is 5.92 Å². The van der Waals surface area contributed by atoms with Crippen molar-refractivity contribution < 1.29 is 13.5 Å². The van der Waals surface area contributed by atoms with Crippen LogP contribution in [0.25, 0.3) is 0 Å². The second kappa shape index (κ2) is 5.45. The van der Waals surface area contributed by atoms with Gasteiger partial charge in [0.1, 0.15) is 5.75 Å². The lowest BCUT2D eigenvalue weighted by Gasteiger charge is -2.18. The van der Waals surface area contributed by atoms with E-state index < -0.39 is 6.61 Å². The molecule has 4 heteroatoms. The summed E-state index contributed by atoms with van der Waals surface area (Å²) in [4.78, 5) is 0. The van der Waals surface area contributed by atoms with Crippen LogP contribution >= 0.6 is 0 Å². The van der Waals surface area contributed by atoms with Crippen molar-refractivity contribution in [1.29, 1.82) is 0 Å². The van der Waals surface area contributed by atoms with Gasteiger partial charge >= 0.3 is 6.61 Å². The van der Waals surface area contributed by atoms with Gasteiger partial charge in [0.25, 0.3) is 0 Å². The molecule has 0 aromatic heterocycles. The van der Waals surface area contributed by atoms with Gasteiger partial charge in [0, 0.05) is 6.04 Å². The number of halogens is 2. The van der Waals surface area contributed by atoms with Gasteiger partial charge in [0.2, 0.25) is 0 Å². The molecule has 0 amide bonds. The van der Waals surface area contributed by atoms with Crippen LogP contribution in [0.15, 0.2) is 24.3 Å². The Morgan fingerprint density at radius 1 is 1.41 bits per heavy atom. The minimum Gasteiger partial charge on any atom is -0.435 e. The van der Waals surface area contributed by atoms with E-state index in [1.807, 2.05) is 6.07 Å². The summed E-state index contributed by atoms with van der Waals surface area (Å²) in [5.74, 6) is 0.873. The maximum Gasteiger partial charge on any atom is 0.387 e. The molecule has 0 bridgehead atoms. The van der Waals surface area contributed by atoms with Crippen LogP contribution < -0.4 is 10.1 Å². The van der Waals surface area contributed by atoms with Gasteiger partial charge in [-0.2, -0.15) is 8.78 Å². The first-order valence-corrected chi connectivity index (χ1v) is 5.99. The van der Waals surface area contributed by atoms with Gasteiger partial charge in [0.15, 0.2) is 0 Å². The predicted molar refractivity (Wildman–Crippen MR) is 62.2 cm³/mol. The first kappa shape index (κ1) is 12.3. The summed E-state index contributed by atoms with van der Waals surface area (Å²) < 4.78 is 28.7. The molecule has 17 heavy (non-hydrogen) atoms. The molecular formula is C13H17F2NO. The molecule has 2 nitrogen and oxygen atoms in total. The second-order valence-corrected chi connectivity index (χ2v) is 4.32. The van der Waals surface area contributed by atoms with E-state index >= 15 is 0 Å². The number of hydrogen-bond acceptors (Lipinski definition) is 2. The zero-order valence-corrected chi connectivity index (χ0v) is 9.83. The largest absolute Gasteiger partial charge is 0.435 e. The van der Waals surface area contributed by atoms with Crippen LogP contribution in [-0.2, 0) is 0 Å². The molecule has 1 unspecified atom stereocenters. The molecule has 0 aliphatic heterocycles. The van der Waals surface area contributed by atoms with Gasteiger partial charge in [-0.15, -0.1) is 0 Å². The molecule has 1 saturated carbocycles. The van der Waals surface area contributed by atoms with E-state index in [1.54, 1.807) is 18.2 Å². The van der Waals surface area contributed by atoms with Crippen LogP contribution in [-0.4, -0.2) is 13.2 Å². The molecular weight excluding hydrogens is 224 g/mol. The minimum absolute atomic E-state index is 0.237. The molecule has 1 aromatic carbocycles. The van der Waals surface area contributed by atoms with E-state index in [-0.39, 0.29) is 11.8 Å². The lowest BCUT2D eigenvalue weighted by Crippen LogP contribution is -2.22. The van der Waals surface area contributed by atoms with Crippen molar-refractivity contribution >= 4 is 0 Å². The van der Waals surface area contributed by atoms with Crippen LogP contribution in [0.4, 0.5) is 8.78 Å². The molecule has 1 aromatic rings. The second-order valence-electron chi connectivity index (χ2n) is 4.32. The van der Waals surface area contributed by atoms with Crippen LogP contribution in [0.2, 0.25) is 0 Å². The normalized spacial score (nSPS) is 17.2. The van der Waals surface area contributed by atoms with E-state index in [9.17, 15) is 8.78 Å². The zero-order chi connectivity index (χ0) is 12.3. The third-order valence-corrected chi connectivity index (χ3v) is 2.96. The smallest absolute Gasteiger partial charge is 0.387 e. The molecule has 1 aliphatic carbocycles. The highest BCUT2D eigenvalue weighted by molar-refractivity contribution is 5.31. The maximum absolute atomic E-state index is 12.1. The van der Waals surface area contributed by atoms with E-state index in [0.29, 0.717) is 5.92 Å². The summed E-state index contributed by atoms with van der Waals surface area (Å²) in [5.41, 5.74) is 1.03. The van der Waals surface area contributed by atoms with Crippen molar-refractivity contribution in [2.75, 3.05) is 6.54 Å². The molecule has 2 rings (SSSR count). The van der Waals surface area contributed by atoms with Gasteiger partial charge in [-0.05, 0) is 43.0 Å². The number of hydrogen-bond donors (Lipinski definition) is 1. The van der Waals surface area contributed by atoms with Crippen molar-refractivity contribution in [2.45, 2.75) is 32.4 Å². The van der Waals surface area contributed by atoms with E-state index in [4.69, 9.17) is 0 Å². The number of rotatable bonds is 6. The lowest BCUT2D eigenvalue weighted by molar-refractivity contribution is -0.0499. The van der Waals surface area contributed by atoms with Crippen molar-refractivity contribution in [3.63, 3.8) is 0 Å². The summed E-state index contributed by atoms with van der Waals surface area (Å²) >= 11 is 0. The molecule has 1 aliphatic rings. The van der Waals surface area contributed by atoms with Crippen molar-refractivity contribution in [3.05, 3.63) is 29.8 Å². The van der Waals surface area contributed by atoms with Gasteiger partial charge in [0.05, 0.1) is 0 Å². The summed E-state index contributed by atoms with van der Waals surface area (Å²) in [6.07, 6.45) is 2.41. The fraction of sp³-hybridized carbons (Fsp3) is 0.538. The average molecular weight is 241 g/mol. The Bertz CT molecular complexity index is 366. The van der Waals surface area contributed by atoms with Gasteiger partial charge < -0.3 is 10.1 Å². The monoisotopic (exact) mass is 241 g/mol. The standard InChI is InChI=1S/C13H17F2NO/c1-2-16-12(9-6-7-9)10-4-3-5-11(8-10)17-13(14)15/h3-5,8-9,12-13,16H,2,6-7H2,1H3. The molecule has 1 fully saturated rings. The number of alkyl halides is 2. The van der Waals surface area contributed by atoms with E-state index in [2.05, 4.69) is 17.0 Å². The summed E-state index contributed by atoms with van der Waals surface area (Å²) in [6.45, 7) is 0.166. The Labute approximate surface area is 100.0 Å². The highest BCUT2D eigenvalue weighted by Gasteiger charge is 2.31. The number of nitrogens with one attached hydrogen (secondary N) is 1. The molecule has 94 valence electrons. The lowest BCUT2D eigenvalue weighted by atomic mass is 10.0. The maximum atomic E-state index is 12.1. The Morgan fingerprint density at radius 2 is 2.18 bits per heavy atom. The fourth-order valence-electron chi connectivity index (χ4n) is 2.09. The average Bonchev–Trinajstić information content (AvgIpc) is 3.09. The predicted octanol–water partition coefficient (Wildman–Crippen LogP) is 3.35. The fourth-order valence-corrected chi connectivity index (χ4v) is 2.09. The third-order valence-electron chi connectivity index (χ3n) is 2.96. The molecule has 0 radical (unpaired) electrons. The first-order valence-electron chi connectivity index (χ1n) is 5.99. The Morgan fingerprint density at radius 3 is 2.76 bits per heavy atom. The number of benzene rings is 1. The molecule has 1 N–H and O–H groups in total. The minimum atomic E-state index is -2.76. The van der Waals surface area contributed by atoms with E-state index in [1.165, 1.54) is 12.8 Å². The van der Waals surface area contributed by atoms with Gasteiger partial charge in [-0.3, -0.25) is 0 Å². The summed E-state index contributed by atoms with van der Waals surface area (Å²) in [5, 5.41) is 3.40. The Kier molecular flexibility index (Phi) is 3.94.